The third-order valence-electron chi connectivity index (χ3n) is 4.06. The molecule has 2 aliphatic rings. The zero-order valence-corrected chi connectivity index (χ0v) is 8.30. The van der Waals surface area contributed by atoms with Crippen LogP contribution in [0.1, 0.15) is 27.2 Å². The van der Waals surface area contributed by atoms with Gasteiger partial charge in [0.1, 0.15) is 0 Å². The highest BCUT2D eigenvalue weighted by Gasteiger charge is 2.43. The molecule has 0 aromatic carbocycles. The Hall–Kier alpha value is -0.520. The van der Waals surface area contributed by atoms with Gasteiger partial charge in [0.15, 0.2) is 0 Å². The molecule has 3 unspecified atom stereocenters. The number of fused-ring (bicyclic) bond motifs is 2. The van der Waals surface area contributed by atoms with Crippen LogP contribution in [0, 0.1) is 23.2 Å². The molecule has 2 aliphatic carbocycles. The van der Waals surface area contributed by atoms with E-state index in [1.54, 1.807) is 0 Å². The highest BCUT2D eigenvalue weighted by molar-refractivity contribution is 5.26. The van der Waals surface area contributed by atoms with Crippen LogP contribution in [0.3, 0.4) is 0 Å². The summed E-state index contributed by atoms with van der Waals surface area (Å²) in [6.07, 6.45) is 6.15. The highest BCUT2D eigenvalue weighted by Crippen LogP contribution is 2.53. The topological polar surface area (TPSA) is 0 Å². The van der Waals surface area contributed by atoms with Crippen molar-refractivity contribution in [2.75, 3.05) is 0 Å². The van der Waals surface area contributed by atoms with Gasteiger partial charge in [0.25, 0.3) is 0 Å². The first-order chi connectivity index (χ1) is 5.53. The first-order valence-electron chi connectivity index (χ1n) is 4.91. The van der Waals surface area contributed by atoms with Crippen LogP contribution in [0.25, 0.3) is 0 Å². The summed E-state index contributed by atoms with van der Waals surface area (Å²) in [7, 11) is 0. The molecule has 0 saturated heterocycles. The van der Waals surface area contributed by atoms with Gasteiger partial charge in [-0.25, -0.2) is 0 Å². The molecule has 66 valence electrons. The Labute approximate surface area is 75.4 Å². The lowest BCUT2D eigenvalue weighted by molar-refractivity contribution is 0.204. The summed E-state index contributed by atoms with van der Waals surface area (Å²) in [4.78, 5) is 0. The van der Waals surface area contributed by atoms with Crippen LogP contribution in [0.2, 0.25) is 0 Å². The summed E-state index contributed by atoms with van der Waals surface area (Å²) in [5, 5.41) is 0. The van der Waals surface area contributed by atoms with Crippen LogP contribution < -0.4 is 0 Å². The average Bonchev–Trinajstić information content (AvgIpc) is 2.46. The Morgan fingerprint density at radius 3 is 2.75 bits per heavy atom. The van der Waals surface area contributed by atoms with E-state index in [0.29, 0.717) is 11.3 Å². The molecule has 0 radical (unpaired) electrons. The molecule has 0 spiro atoms. The third kappa shape index (κ3) is 0.840. The lowest BCUT2D eigenvalue weighted by Gasteiger charge is -2.42. The lowest BCUT2D eigenvalue weighted by Crippen LogP contribution is -2.33. The maximum atomic E-state index is 4.25. The zero-order valence-electron chi connectivity index (χ0n) is 8.30. The first kappa shape index (κ1) is 8.10. The summed E-state index contributed by atoms with van der Waals surface area (Å²) >= 11 is 0. The standard InChI is InChI=1S/C12H18/c1-8-9(2)12(3,4)11-6-5-10(8)7-11/h5-6,8,10-11H,2,7H2,1,3-4H3. The largest absolute Gasteiger partial charge is 0.0990 e. The highest BCUT2D eigenvalue weighted by atomic mass is 14.5. The van der Waals surface area contributed by atoms with Gasteiger partial charge in [-0.05, 0) is 29.6 Å². The van der Waals surface area contributed by atoms with E-state index in [4.69, 9.17) is 0 Å². The van der Waals surface area contributed by atoms with Gasteiger partial charge in [0.2, 0.25) is 0 Å². The molecule has 0 heterocycles. The molecule has 0 aromatic heterocycles. The smallest absolute Gasteiger partial charge is 0.00815 e. The molecular formula is C12H18. The van der Waals surface area contributed by atoms with Crippen molar-refractivity contribution in [3.8, 4) is 0 Å². The lowest BCUT2D eigenvalue weighted by atomic mass is 9.62. The van der Waals surface area contributed by atoms with Crippen molar-refractivity contribution in [3.63, 3.8) is 0 Å². The summed E-state index contributed by atoms with van der Waals surface area (Å²) in [5.74, 6) is 2.23. The van der Waals surface area contributed by atoms with Crippen molar-refractivity contribution in [3.05, 3.63) is 24.3 Å². The molecule has 1 saturated carbocycles. The Balaban J connectivity index is 2.38. The third-order valence-corrected chi connectivity index (χ3v) is 4.06. The van der Waals surface area contributed by atoms with Crippen molar-refractivity contribution in [1.82, 2.24) is 0 Å². The Kier molecular flexibility index (Phi) is 1.51. The Morgan fingerprint density at radius 2 is 2.08 bits per heavy atom. The van der Waals surface area contributed by atoms with Gasteiger partial charge in [0, 0.05) is 0 Å². The Bertz CT molecular complexity index is 245. The second kappa shape index (κ2) is 2.25. The zero-order chi connectivity index (χ0) is 8.93. The van der Waals surface area contributed by atoms with Crippen LogP contribution in [0.5, 0.6) is 0 Å². The van der Waals surface area contributed by atoms with Crippen LogP contribution in [0.4, 0.5) is 0 Å². The molecule has 1 fully saturated rings. The molecule has 2 rings (SSSR count). The number of allylic oxidation sites excluding steroid dienone is 3. The van der Waals surface area contributed by atoms with Gasteiger partial charge in [-0.1, -0.05) is 45.1 Å². The number of hydrogen-bond acceptors (Lipinski definition) is 0. The Morgan fingerprint density at radius 1 is 1.42 bits per heavy atom. The minimum atomic E-state index is 0.336. The molecule has 0 aromatic rings. The summed E-state index contributed by atoms with van der Waals surface area (Å²) in [6.45, 7) is 11.2. The molecule has 12 heavy (non-hydrogen) atoms. The van der Waals surface area contributed by atoms with Crippen molar-refractivity contribution in [2.24, 2.45) is 23.2 Å². The fraction of sp³-hybridized carbons (Fsp3) is 0.667. The van der Waals surface area contributed by atoms with E-state index < -0.39 is 0 Å². The van der Waals surface area contributed by atoms with Crippen LogP contribution in [-0.2, 0) is 0 Å². The van der Waals surface area contributed by atoms with E-state index in [9.17, 15) is 0 Å². The van der Waals surface area contributed by atoms with Gasteiger partial charge in [-0.3, -0.25) is 0 Å². The minimum Gasteiger partial charge on any atom is -0.0990 e. The minimum absolute atomic E-state index is 0.336. The summed E-state index contributed by atoms with van der Waals surface area (Å²) in [6, 6.07) is 0. The van der Waals surface area contributed by atoms with E-state index in [-0.39, 0.29) is 0 Å². The fourth-order valence-electron chi connectivity index (χ4n) is 2.72. The van der Waals surface area contributed by atoms with E-state index in [0.717, 1.165) is 11.8 Å². The maximum absolute atomic E-state index is 4.25. The van der Waals surface area contributed by atoms with E-state index in [1.807, 2.05) is 0 Å². The van der Waals surface area contributed by atoms with Crippen molar-refractivity contribution in [1.29, 1.82) is 0 Å². The quantitative estimate of drug-likeness (QED) is 0.479. The van der Waals surface area contributed by atoms with Crippen LogP contribution >= 0.6 is 0 Å². The molecule has 0 amide bonds. The molecular weight excluding hydrogens is 144 g/mol. The summed E-state index contributed by atoms with van der Waals surface area (Å²) < 4.78 is 0. The SMILES string of the molecule is C=C1C(C)C2C=CC(C2)C1(C)C. The molecule has 0 aliphatic heterocycles. The molecule has 0 heteroatoms. The molecule has 0 N–H and O–H groups in total. The van der Waals surface area contributed by atoms with E-state index >= 15 is 0 Å². The molecule has 0 nitrogen and oxygen atoms in total. The monoisotopic (exact) mass is 162 g/mol. The number of hydrogen-bond donors (Lipinski definition) is 0. The predicted molar refractivity (Wildman–Crippen MR) is 52.8 cm³/mol. The van der Waals surface area contributed by atoms with E-state index in [2.05, 4.69) is 39.5 Å². The summed E-state index contributed by atoms with van der Waals surface area (Å²) in [5.41, 5.74) is 1.79. The van der Waals surface area contributed by atoms with Crippen LogP contribution in [-0.4, -0.2) is 0 Å². The second-order valence-corrected chi connectivity index (χ2v) is 4.93. The fourth-order valence-corrected chi connectivity index (χ4v) is 2.72. The van der Waals surface area contributed by atoms with Gasteiger partial charge < -0.3 is 0 Å². The van der Waals surface area contributed by atoms with Gasteiger partial charge in [-0.2, -0.15) is 0 Å². The molecule has 3 atom stereocenters. The van der Waals surface area contributed by atoms with Gasteiger partial charge in [-0.15, -0.1) is 0 Å². The van der Waals surface area contributed by atoms with Crippen molar-refractivity contribution in [2.45, 2.75) is 27.2 Å². The first-order valence-corrected chi connectivity index (χ1v) is 4.91. The van der Waals surface area contributed by atoms with Crippen LogP contribution in [0.15, 0.2) is 24.3 Å². The molecule has 2 bridgehead atoms. The maximum Gasteiger partial charge on any atom is -0.00815 e. The predicted octanol–water partition coefficient (Wildman–Crippen LogP) is 3.41. The van der Waals surface area contributed by atoms with E-state index in [1.165, 1.54) is 12.0 Å². The van der Waals surface area contributed by atoms with Crippen molar-refractivity contribution >= 4 is 0 Å². The normalized spacial score (nSPS) is 43.6. The van der Waals surface area contributed by atoms with Gasteiger partial charge >= 0.3 is 0 Å². The average molecular weight is 162 g/mol. The number of rotatable bonds is 0. The second-order valence-electron chi connectivity index (χ2n) is 4.93. The van der Waals surface area contributed by atoms with Crippen molar-refractivity contribution < 1.29 is 0 Å². The van der Waals surface area contributed by atoms with Gasteiger partial charge in [0.05, 0.1) is 0 Å².